The van der Waals surface area contributed by atoms with Gasteiger partial charge in [0.15, 0.2) is 17.5 Å². The number of ether oxygens (including phenoxy) is 3. The highest BCUT2D eigenvalue weighted by Gasteiger charge is 2.17. The van der Waals surface area contributed by atoms with E-state index in [0.717, 1.165) is 36.8 Å². The van der Waals surface area contributed by atoms with Crippen LogP contribution in [0.3, 0.4) is 0 Å². The molecule has 2 aromatic carbocycles. The van der Waals surface area contributed by atoms with Crippen molar-refractivity contribution in [2.24, 2.45) is 4.99 Å². The maximum atomic E-state index is 5.52. The molecular weight excluding hydrogens is 493 g/mol. The summed E-state index contributed by atoms with van der Waals surface area (Å²) in [5.41, 5.74) is 3.66. The zero-order valence-corrected chi connectivity index (χ0v) is 20.3. The lowest BCUT2D eigenvalue weighted by atomic mass is 10.00. The summed E-state index contributed by atoms with van der Waals surface area (Å²) in [4.78, 5) is 6.71. The summed E-state index contributed by atoms with van der Waals surface area (Å²) in [7, 11) is 6.71. The molecule has 0 atom stereocenters. The van der Waals surface area contributed by atoms with Gasteiger partial charge in [0, 0.05) is 38.3 Å². The molecule has 0 unspecified atom stereocenters. The number of aliphatic imine (C=N–C) groups is 1. The normalized spacial score (nSPS) is 13.8. The molecule has 162 valence electrons. The van der Waals surface area contributed by atoms with Crippen molar-refractivity contribution in [1.29, 1.82) is 0 Å². The molecule has 0 amide bonds. The van der Waals surface area contributed by atoms with Crippen LogP contribution in [0.1, 0.15) is 17.5 Å². The van der Waals surface area contributed by atoms with Crippen LogP contribution in [0.5, 0.6) is 17.2 Å². The first-order chi connectivity index (χ1) is 14.2. The van der Waals surface area contributed by atoms with Gasteiger partial charge in [-0.25, -0.2) is 0 Å². The van der Waals surface area contributed by atoms with Gasteiger partial charge < -0.3 is 24.4 Å². The van der Waals surface area contributed by atoms with Gasteiger partial charge in [0.05, 0.1) is 21.3 Å². The smallest absolute Gasteiger partial charge is 0.194 e. The predicted molar refractivity (Wildman–Crippen MR) is 132 cm³/mol. The number of guanidine groups is 1. The van der Waals surface area contributed by atoms with Crippen molar-refractivity contribution >= 4 is 35.5 Å². The van der Waals surface area contributed by atoms with Crippen molar-refractivity contribution in [2.45, 2.75) is 13.0 Å². The summed E-state index contributed by atoms with van der Waals surface area (Å²) >= 11 is 0. The fourth-order valence-corrected chi connectivity index (χ4v) is 3.51. The Balaban J connectivity index is 0.00000320. The van der Waals surface area contributed by atoms with Crippen LogP contribution in [-0.2, 0) is 6.54 Å². The number of hydrogen-bond acceptors (Lipinski definition) is 4. The van der Waals surface area contributed by atoms with Crippen LogP contribution in [0.15, 0.2) is 53.5 Å². The summed E-state index contributed by atoms with van der Waals surface area (Å²) in [6, 6.07) is 14.3. The number of rotatable bonds is 6. The summed E-state index contributed by atoms with van der Waals surface area (Å²) in [6.45, 7) is 2.32. The van der Waals surface area contributed by atoms with Crippen LogP contribution in [0.2, 0.25) is 0 Å². The quantitative estimate of drug-likeness (QED) is 0.350. The number of nitrogens with zero attached hydrogens (tertiary/aromatic N) is 2. The molecule has 3 rings (SSSR count). The Labute approximate surface area is 195 Å². The van der Waals surface area contributed by atoms with Gasteiger partial charge in [-0.2, -0.15) is 0 Å². The third-order valence-electron chi connectivity index (χ3n) is 5.09. The Morgan fingerprint density at radius 2 is 1.67 bits per heavy atom. The van der Waals surface area contributed by atoms with Crippen LogP contribution in [0.4, 0.5) is 0 Å². The number of benzene rings is 2. The van der Waals surface area contributed by atoms with Crippen molar-refractivity contribution in [3.8, 4) is 17.2 Å². The fraction of sp³-hybridized carbons (Fsp3) is 0.348. The van der Waals surface area contributed by atoms with E-state index in [1.54, 1.807) is 21.3 Å². The van der Waals surface area contributed by atoms with Gasteiger partial charge in [0.2, 0.25) is 0 Å². The Bertz CT molecular complexity index is 885. The molecule has 6 nitrogen and oxygen atoms in total. The predicted octanol–water partition coefficient (Wildman–Crippen LogP) is 4.20. The maximum Gasteiger partial charge on any atom is 0.194 e. The highest BCUT2D eigenvalue weighted by atomic mass is 127. The van der Waals surface area contributed by atoms with E-state index in [0.29, 0.717) is 18.0 Å². The van der Waals surface area contributed by atoms with Crippen molar-refractivity contribution in [3.63, 3.8) is 0 Å². The van der Waals surface area contributed by atoms with E-state index in [2.05, 4.69) is 45.6 Å². The molecule has 0 aromatic heterocycles. The van der Waals surface area contributed by atoms with E-state index in [9.17, 15) is 0 Å². The second-order valence-electron chi connectivity index (χ2n) is 6.71. The summed E-state index contributed by atoms with van der Waals surface area (Å²) in [5.74, 6) is 2.93. The van der Waals surface area contributed by atoms with Crippen molar-refractivity contribution in [1.82, 2.24) is 10.2 Å². The summed E-state index contributed by atoms with van der Waals surface area (Å²) in [5, 5.41) is 3.44. The van der Waals surface area contributed by atoms with Gasteiger partial charge >= 0.3 is 0 Å². The third-order valence-corrected chi connectivity index (χ3v) is 5.09. The van der Waals surface area contributed by atoms with Gasteiger partial charge in [-0.1, -0.05) is 36.4 Å². The number of methoxy groups -OCH3 is 3. The van der Waals surface area contributed by atoms with Gasteiger partial charge in [-0.15, -0.1) is 24.0 Å². The van der Waals surface area contributed by atoms with Crippen molar-refractivity contribution in [2.75, 3.05) is 41.5 Å². The van der Waals surface area contributed by atoms with Crippen LogP contribution in [0, 0.1) is 0 Å². The highest BCUT2D eigenvalue weighted by Crippen LogP contribution is 2.34. The number of nitrogens with one attached hydrogen (secondary N) is 1. The molecule has 1 heterocycles. The standard InChI is InChI=1S/C23H29N3O3.HI/c1-24-23(26-12-10-18(11-13-26)17-8-6-5-7-9-17)25-16-19-14-21(28-3)22(29-4)15-20(19)27-2;/h5-10,14-15H,11-13,16H2,1-4H3,(H,24,25);1H. The molecule has 0 spiro atoms. The minimum absolute atomic E-state index is 0. The molecule has 2 aromatic rings. The Hall–Kier alpha value is -2.42. The largest absolute Gasteiger partial charge is 0.496 e. The van der Waals surface area contributed by atoms with Gasteiger partial charge in [0.1, 0.15) is 5.75 Å². The Morgan fingerprint density at radius 1 is 1.00 bits per heavy atom. The number of hydrogen-bond donors (Lipinski definition) is 1. The molecule has 0 radical (unpaired) electrons. The third kappa shape index (κ3) is 5.59. The molecule has 0 fully saturated rings. The lowest BCUT2D eigenvalue weighted by molar-refractivity contribution is 0.347. The van der Waals surface area contributed by atoms with Crippen LogP contribution in [-0.4, -0.2) is 52.3 Å². The topological polar surface area (TPSA) is 55.3 Å². The van der Waals surface area contributed by atoms with E-state index in [1.807, 2.05) is 25.2 Å². The minimum Gasteiger partial charge on any atom is -0.496 e. The summed E-state index contributed by atoms with van der Waals surface area (Å²) < 4.78 is 16.3. The van der Waals surface area contributed by atoms with E-state index in [4.69, 9.17) is 14.2 Å². The van der Waals surface area contributed by atoms with E-state index >= 15 is 0 Å². The summed E-state index contributed by atoms with van der Waals surface area (Å²) in [6.07, 6.45) is 3.27. The molecule has 1 aliphatic heterocycles. The van der Waals surface area contributed by atoms with E-state index in [1.165, 1.54) is 11.1 Å². The molecule has 30 heavy (non-hydrogen) atoms. The highest BCUT2D eigenvalue weighted by molar-refractivity contribution is 14.0. The monoisotopic (exact) mass is 523 g/mol. The van der Waals surface area contributed by atoms with Crippen molar-refractivity contribution in [3.05, 3.63) is 59.7 Å². The van der Waals surface area contributed by atoms with Crippen LogP contribution < -0.4 is 19.5 Å². The molecular formula is C23H30IN3O3. The molecule has 1 N–H and O–H groups in total. The molecule has 0 saturated carbocycles. The second kappa shape index (κ2) is 11.7. The SMILES string of the molecule is CN=C(NCc1cc(OC)c(OC)cc1OC)N1CC=C(c2ccccc2)CC1.I. The van der Waals surface area contributed by atoms with Gasteiger partial charge in [0.25, 0.3) is 0 Å². The average molecular weight is 523 g/mol. The van der Waals surface area contributed by atoms with Crippen LogP contribution in [0.25, 0.3) is 5.57 Å². The lowest BCUT2D eigenvalue weighted by Gasteiger charge is -2.30. The number of halogens is 1. The molecule has 0 bridgehead atoms. The van der Waals surface area contributed by atoms with E-state index in [-0.39, 0.29) is 24.0 Å². The average Bonchev–Trinajstić information content (AvgIpc) is 2.80. The van der Waals surface area contributed by atoms with Gasteiger partial charge in [-0.05, 0) is 23.6 Å². The lowest BCUT2D eigenvalue weighted by Crippen LogP contribution is -2.43. The zero-order chi connectivity index (χ0) is 20.6. The first kappa shape index (κ1) is 23.9. The molecule has 0 saturated heterocycles. The minimum atomic E-state index is 0. The fourth-order valence-electron chi connectivity index (χ4n) is 3.51. The van der Waals surface area contributed by atoms with E-state index < -0.39 is 0 Å². The first-order valence-electron chi connectivity index (χ1n) is 9.69. The van der Waals surface area contributed by atoms with Crippen LogP contribution >= 0.6 is 24.0 Å². The maximum absolute atomic E-state index is 5.52. The molecule has 7 heteroatoms. The second-order valence-corrected chi connectivity index (χ2v) is 6.71. The van der Waals surface area contributed by atoms with Gasteiger partial charge in [-0.3, -0.25) is 4.99 Å². The molecule has 1 aliphatic rings. The Kier molecular flexibility index (Phi) is 9.29. The Morgan fingerprint density at radius 3 is 2.23 bits per heavy atom. The first-order valence-corrected chi connectivity index (χ1v) is 9.69. The zero-order valence-electron chi connectivity index (χ0n) is 18.0. The van der Waals surface area contributed by atoms with Crippen molar-refractivity contribution < 1.29 is 14.2 Å². The molecule has 0 aliphatic carbocycles.